The van der Waals surface area contributed by atoms with Gasteiger partial charge in [0.1, 0.15) is 0 Å². The van der Waals surface area contributed by atoms with Crippen LogP contribution in [0.4, 0.5) is 5.69 Å². The van der Waals surface area contributed by atoms with E-state index in [1.54, 1.807) is 26.8 Å². The highest BCUT2D eigenvalue weighted by atomic mass is 16.2. The van der Waals surface area contributed by atoms with E-state index in [4.69, 9.17) is 0 Å². The van der Waals surface area contributed by atoms with Gasteiger partial charge < -0.3 is 5.32 Å². The average molecular weight is 246 g/mol. The first-order valence-corrected chi connectivity index (χ1v) is 5.60. The molecule has 5 heteroatoms. The Bertz CT molecular complexity index is 556. The molecule has 0 fully saturated rings. The van der Waals surface area contributed by atoms with Crippen molar-refractivity contribution in [3.63, 3.8) is 0 Å². The second-order valence-electron chi connectivity index (χ2n) is 5.25. The van der Waals surface area contributed by atoms with Crippen LogP contribution in [0.25, 0.3) is 0 Å². The second-order valence-corrected chi connectivity index (χ2v) is 5.25. The van der Waals surface area contributed by atoms with E-state index in [0.717, 1.165) is 0 Å². The molecular formula is C13H14N2O3. The first-order chi connectivity index (χ1) is 8.29. The van der Waals surface area contributed by atoms with Crippen molar-refractivity contribution in [3.05, 3.63) is 29.3 Å². The number of anilines is 1. The fourth-order valence-electron chi connectivity index (χ4n) is 1.56. The van der Waals surface area contributed by atoms with Crippen molar-refractivity contribution in [2.45, 2.75) is 20.8 Å². The van der Waals surface area contributed by atoms with Crippen LogP contribution in [-0.4, -0.2) is 17.7 Å². The Hall–Kier alpha value is -2.17. The van der Waals surface area contributed by atoms with E-state index in [0.29, 0.717) is 16.8 Å². The van der Waals surface area contributed by atoms with Crippen LogP contribution in [0.15, 0.2) is 18.2 Å². The Morgan fingerprint density at radius 1 is 1.11 bits per heavy atom. The summed E-state index contributed by atoms with van der Waals surface area (Å²) in [7, 11) is 0. The molecule has 0 saturated heterocycles. The highest BCUT2D eigenvalue weighted by Gasteiger charge is 2.27. The standard InChI is InChI=1S/C13H14N2O3/c1-13(2,3)12(18)14-7-4-5-8-9(6-7)11(17)15-10(8)16/h4-6H,1-3H3,(H,14,18)(H,15,16,17). The number of hydrogen-bond acceptors (Lipinski definition) is 3. The molecule has 0 atom stereocenters. The predicted molar refractivity (Wildman–Crippen MR) is 66.3 cm³/mol. The van der Waals surface area contributed by atoms with Crippen LogP contribution in [0, 0.1) is 5.41 Å². The molecule has 5 nitrogen and oxygen atoms in total. The molecule has 1 heterocycles. The third kappa shape index (κ3) is 2.11. The molecule has 0 radical (unpaired) electrons. The molecule has 0 spiro atoms. The zero-order valence-electron chi connectivity index (χ0n) is 10.5. The molecule has 1 aromatic carbocycles. The van der Waals surface area contributed by atoms with Gasteiger partial charge in [0.15, 0.2) is 0 Å². The zero-order valence-corrected chi connectivity index (χ0v) is 10.5. The summed E-state index contributed by atoms with van der Waals surface area (Å²) >= 11 is 0. The van der Waals surface area contributed by atoms with Gasteiger partial charge in [0.25, 0.3) is 11.8 Å². The molecule has 94 valence electrons. The molecule has 0 bridgehead atoms. The number of amides is 3. The van der Waals surface area contributed by atoms with Gasteiger partial charge in [-0.1, -0.05) is 20.8 Å². The Balaban J connectivity index is 2.28. The van der Waals surface area contributed by atoms with Gasteiger partial charge in [-0.05, 0) is 18.2 Å². The molecule has 1 aliphatic rings. The summed E-state index contributed by atoms with van der Waals surface area (Å²) in [6.45, 7) is 5.39. The van der Waals surface area contributed by atoms with Gasteiger partial charge in [0, 0.05) is 11.1 Å². The van der Waals surface area contributed by atoms with Crippen molar-refractivity contribution in [1.29, 1.82) is 0 Å². The van der Waals surface area contributed by atoms with Crippen molar-refractivity contribution < 1.29 is 14.4 Å². The van der Waals surface area contributed by atoms with Gasteiger partial charge in [-0.2, -0.15) is 0 Å². The van der Waals surface area contributed by atoms with Crippen molar-refractivity contribution in [1.82, 2.24) is 5.32 Å². The Labute approximate surface area is 105 Å². The summed E-state index contributed by atoms with van der Waals surface area (Å²) < 4.78 is 0. The number of fused-ring (bicyclic) bond motifs is 1. The van der Waals surface area contributed by atoms with E-state index in [1.165, 1.54) is 12.1 Å². The molecule has 2 N–H and O–H groups in total. The minimum Gasteiger partial charge on any atom is -0.326 e. The third-order valence-electron chi connectivity index (χ3n) is 2.67. The number of rotatable bonds is 1. The van der Waals surface area contributed by atoms with Gasteiger partial charge in [-0.25, -0.2) is 0 Å². The van der Waals surface area contributed by atoms with E-state index in [9.17, 15) is 14.4 Å². The van der Waals surface area contributed by atoms with Crippen LogP contribution in [0.1, 0.15) is 41.5 Å². The quantitative estimate of drug-likeness (QED) is 0.738. The van der Waals surface area contributed by atoms with Gasteiger partial charge in [0.2, 0.25) is 5.91 Å². The molecule has 0 aromatic heterocycles. The van der Waals surface area contributed by atoms with Crippen molar-refractivity contribution >= 4 is 23.4 Å². The number of nitrogens with one attached hydrogen (secondary N) is 2. The monoisotopic (exact) mass is 246 g/mol. The maximum atomic E-state index is 11.8. The highest BCUT2D eigenvalue weighted by Crippen LogP contribution is 2.22. The SMILES string of the molecule is CC(C)(C)C(=O)Nc1ccc2c(c1)C(=O)NC2=O. The molecule has 1 aromatic rings. The number of carbonyl (C=O) groups is 3. The second kappa shape index (κ2) is 3.94. The lowest BCUT2D eigenvalue weighted by atomic mass is 9.95. The van der Waals surface area contributed by atoms with Gasteiger partial charge >= 0.3 is 0 Å². The van der Waals surface area contributed by atoms with Crippen LogP contribution in [0.5, 0.6) is 0 Å². The maximum Gasteiger partial charge on any atom is 0.259 e. The largest absolute Gasteiger partial charge is 0.326 e. The van der Waals surface area contributed by atoms with Crippen molar-refractivity contribution in [2.75, 3.05) is 5.32 Å². The van der Waals surface area contributed by atoms with Crippen LogP contribution in [-0.2, 0) is 4.79 Å². The van der Waals surface area contributed by atoms with E-state index in [1.807, 2.05) is 0 Å². The molecule has 0 unspecified atom stereocenters. The van der Waals surface area contributed by atoms with E-state index >= 15 is 0 Å². The van der Waals surface area contributed by atoms with Crippen molar-refractivity contribution in [3.8, 4) is 0 Å². The lowest BCUT2D eigenvalue weighted by Gasteiger charge is -2.17. The summed E-state index contributed by atoms with van der Waals surface area (Å²) in [4.78, 5) is 34.6. The minimum absolute atomic E-state index is 0.146. The number of benzene rings is 1. The third-order valence-corrected chi connectivity index (χ3v) is 2.67. The predicted octanol–water partition coefficient (Wildman–Crippen LogP) is 1.55. The molecule has 0 saturated carbocycles. The summed E-state index contributed by atoms with van der Waals surface area (Å²) in [5.41, 5.74) is 0.635. The molecule has 3 amide bonds. The number of carbonyl (C=O) groups excluding carboxylic acids is 3. The highest BCUT2D eigenvalue weighted by molar-refractivity contribution is 6.22. The van der Waals surface area contributed by atoms with Crippen molar-refractivity contribution in [2.24, 2.45) is 5.41 Å². The van der Waals surface area contributed by atoms with Gasteiger partial charge in [-0.3, -0.25) is 19.7 Å². The summed E-state index contributed by atoms with van der Waals surface area (Å²) in [6, 6.07) is 4.66. The van der Waals surface area contributed by atoms with E-state index in [-0.39, 0.29) is 5.91 Å². The Morgan fingerprint density at radius 2 is 1.72 bits per heavy atom. The summed E-state index contributed by atoms with van der Waals surface area (Å²) in [6.07, 6.45) is 0. The van der Waals surface area contributed by atoms with Crippen LogP contribution >= 0.6 is 0 Å². The molecule has 2 rings (SSSR count). The molecule has 18 heavy (non-hydrogen) atoms. The number of hydrogen-bond donors (Lipinski definition) is 2. The zero-order chi connectivity index (χ0) is 13.5. The lowest BCUT2D eigenvalue weighted by Crippen LogP contribution is -2.27. The Morgan fingerprint density at radius 3 is 2.33 bits per heavy atom. The van der Waals surface area contributed by atoms with Crippen LogP contribution in [0.2, 0.25) is 0 Å². The lowest BCUT2D eigenvalue weighted by molar-refractivity contribution is -0.123. The smallest absolute Gasteiger partial charge is 0.259 e. The van der Waals surface area contributed by atoms with Crippen LogP contribution < -0.4 is 10.6 Å². The van der Waals surface area contributed by atoms with Gasteiger partial charge in [-0.15, -0.1) is 0 Å². The minimum atomic E-state index is -0.517. The topological polar surface area (TPSA) is 75.3 Å². The molecule has 1 aliphatic heterocycles. The van der Waals surface area contributed by atoms with E-state index < -0.39 is 17.2 Å². The Kier molecular flexibility index (Phi) is 2.69. The molecular weight excluding hydrogens is 232 g/mol. The first-order valence-electron chi connectivity index (χ1n) is 5.60. The fourth-order valence-corrected chi connectivity index (χ4v) is 1.56. The molecule has 0 aliphatic carbocycles. The maximum absolute atomic E-state index is 11.8. The van der Waals surface area contributed by atoms with Gasteiger partial charge in [0.05, 0.1) is 11.1 Å². The fraction of sp³-hybridized carbons (Fsp3) is 0.308. The number of imide groups is 1. The van der Waals surface area contributed by atoms with E-state index in [2.05, 4.69) is 10.6 Å². The normalized spacial score (nSPS) is 14.2. The summed E-state index contributed by atoms with van der Waals surface area (Å²) in [5.74, 6) is -0.974. The average Bonchev–Trinajstić information content (AvgIpc) is 2.53. The van der Waals surface area contributed by atoms with Crippen LogP contribution in [0.3, 0.4) is 0 Å². The summed E-state index contributed by atoms with van der Waals surface area (Å²) in [5, 5.41) is 4.92. The first kappa shape index (κ1) is 12.3.